The van der Waals surface area contributed by atoms with E-state index in [1.807, 2.05) is 20.8 Å². The summed E-state index contributed by atoms with van der Waals surface area (Å²) >= 11 is 1.32. The van der Waals surface area contributed by atoms with Crippen LogP contribution >= 0.6 is 11.3 Å². The van der Waals surface area contributed by atoms with Gasteiger partial charge in [0, 0.05) is 24.2 Å². The highest BCUT2D eigenvalue weighted by Gasteiger charge is 2.22. The molecule has 1 aliphatic rings. The van der Waals surface area contributed by atoms with Gasteiger partial charge in [0.2, 0.25) is 0 Å². The number of hydrogen-bond donors (Lipinski definition) is 1. The van der Waals surface area contributed by atoms with E-state index in [0.717, 1.165) is 30.8 Å². The van der Waals surface area contributed by atoms with Crippen LogP contribution in [0.15, 0.2) is 24.4 Å². The van der Waals surface area contributed by atoms with E-state index in [4.69, 9.17) is 4.74 Å². The second-order valence-corrected chi connectivity index (χ2v) is 9.45. The van der Waals surface area contributed by atoms with Crippen LogP contribution in [0.1, 0.15) is 38.5 Å². The maximum absolute atomic E-state index is 13.9. The minimum atomic E-state index is -0.593. The smallest absolute Gasteiger partial charge is 0.407 e. The molecular formula is C21H27F2N3O2S. The molecule has 8 heteroatoms. The maximum atomic E-state index is 13.9. The van der Waals surface area contributed by atoms with E-state index in [2.05, 4.69) is 15.2 Å². The highest BCUT2D eigenvalue weighted by Crippen LogP contribution is 2.31. The van der Waals surface area contributed by atoms with Crippen LogP contribution in [0.4, 0.5) is 13.6 Å². The van der Waals surface area contributed by atoms with Crippen LogP contribution in [0, 0.1) is 17.6 Å². The van der Waals surface area contributed by atoms with Crippen LogP contribution in [0.25, 0.3) is 10.6 Å². The van der Waals surface area contributed by atoms with Gasteiger partial charge in [0.1, 0.15) is 22.2 Å². The molecule has 0 spiro atoms. The van der Waals surface area contributed by atoms with Gasteiger partial charge in [0.15, 0.2) is 0 Å². The van der Waals surface area contributed by atoms with Gasteiger partial charge in [-0.15, -0.1) is 11.3 Å². The minimum absolute atomic E-state index is 0.0596. The Bertz CT molecular complexity index is 822. The molecule has 0 saturated carbocycles. The van der Waals surface area contributed by atoms with Gasteiger partial charge in [-0.1, -0.05) is 6.07 Å². The zero-order valence-corrected chi connectivity index (χ0v) is 17.8. The molecule has 29 heavy (non-hydrogen) atoms. The molecule has 0 bridgehead atoms. The highest BCUT2D eigenvalue weighted by molar-refractivity contribution is 7.15. The van der Waals surface area contributed by atoms with Crippen molar-refractivity contribution in [3.8, 4) is 10.6 Å². The number of aromatic nitrogens is 1. The fourth-order valence-corrected chi connectivity index (χ4v) is 4.31. The molecule has 0 atom stereocenters. The maximum Gasteiger partial charge on any atom is 0.407 e. The predicted molar refractivity (Wildman–Crippen MR) is 110 cm³/mol. The highest BCUT2D eigenvalue weighted by atomic mass is 32.1. The standard InChI is InChI=1S/C21H27F2N3O2S/c1-21(2,3)28-20(27)25-11-14-7-9-26(10-8-14)13-15-12-24-19(29-15)18-16(22)5-4-6-17(18)23/h4-6,12,14H,7-11,13H2,1-3H3,(H,25,27). The predicted octanol–water partition coefficient (Wildman–Crippen LogP) is 4.83. The number of carbonyl (C=O) groups is 1. The van der Waals surface area contributed by atoms with Crippen molar-refractivity contribution in [2.75, 3.05) is 19.6 Å². The van der Waals surface area contributed by atoms with Crippen molar-refractivity contribution >= 4 is 17.4 Å². The summed E-state index contributed by atoms with van der Waals surface area (Å²) < 4.78 is 33.2. The van der Waals surface area contributed by atoms with Gasteiger partial charge in [-0.3, -0.25) is 4.90 Å². The van der Waals surface area contributed by atoms with Crippen molar-refractivity contribution in [3.05, 3.63) is 40.9 Å². The molecule has 1 N–H and O–H groups in total. The van der Waals surface area contributed by atoms with Crippen molar-refractivity contribution in [1.29, 1.82) is 0 Å². The van der Waals surface area contributed by atoms with Crippen molar-refractivity contribution in [2.45, 2.75) is 45.8 Å². The number of rotatable bonds is 5. The van der Waals surface area contributed by atoms with Crippen LogP contribution in [0.5, 0.6) is 0 Å². The van der Waals surface area contributed by atoms with Gasteiger partial charge in [0.05, 0.1) is 5.56 Å². The number of thiazole rings is 1. The van der Waals surface area contributed by atoms with E-state index >= 15 is 0 Å². The van der Waals surface area contributed by atoms with E-state index < -0.39 is 17.2 Å². The second kappa shape index (κ2) is 9.17. The Balaban J connectivity index is 1.47. The van der Waals surface area contributed by atoms with E-state index in [9.17, 15) is 13.6 Å². The number of benzene rings is 1. The number of piperidine rings is 1. The number of amides is 1. The van der Waals surface area contributed by atoms with E-state index in [0.29, 0.717) is 24.0 Å². The average Bonchev–Trinajstić information content (AvgIpc) is 3.07. The Hall–Kier alpha value is -2.06. The molecule has 1 aromatic carbocycles. The third-order valence-corrected chi connectivity index (χ3v) is 5.75. The van der Waals surface area contributed by atoms with Gasteiger partial charge < -0.3 is 10.1 Å². The molecular weight excluding hydrogens is 396 g/mol. The molecule has 5 nitrogen and oxygen atoms in total. The largest absolute Gasteiger partial charge is 0.444 e. The summed E-state index contributed by atoms with van der Waals surface area (Å²) in [5.74, 6) is -0.767. The monoisotopic (exact) mass is 423 g/mol. The fraction of sp³-hybridized carbons (Fsp3) is 0.524. The SMILES string of the molecule is CC(C)(C)OC(=O)NCC1CCN(Cc2cnc(-c3c(F)cccc3F)s2)CC1. The second-order valence-electron chi connectivity index (χ2n) is 8.33. The number of likely N-dealkylation sites (tertiary alicyclic amines) is 1. The molecule has 1 aromatic heterocycles. The number of carbonyl (C=O) groups excluding carboxylic acids is 1. The first kappa shape index (κ1) is 21.6. The van der Waals surface area contributed by atoms with Crippen molar-refractivity contribution in [1.82, 2.24) is 15.2 Å². The Morgan fingerprint density at radius 2 is 1.93 bits per heavy atom. The van der Waals surface area contributed by atoms with E-state index in [1.165, 1.54) is 29.5 Å². The van der Waals surface area contributed by atoms with E-state index in [1.54, 1.807) is 6.20 Å². The first-order chi connectivity index (χ1) is 13.7. The molecule has 1 amide bonds. The van der Waals surface area contributed by atoms with Crippen LogP contribution in [-0.4, -0.2) is 41.2 Å². The lowest BCUT2D eigenvalue weighted by Gasteiger charge is -2.31. The Kier molecular flexibility index (Phi) is 6.85. The summed E-state index contributed by atoms with van der Waals surface area (Å²) in [4.78, 5) is 19.3. The summed E-state index contributed by atoms with van der Waals surface area (Å²) in [6, 6.07) is 3.84. The third-order valence-electron chi connectivity index (χ3n) is 4.75. The summed E-state index contributed by atoms with van der Waals surface area (Å²) in [7, 11) is 0. The number of ether oxygens (including phenoxy) is 1. The lowest BCUT2D eigenvalue weighted by Crippen LogP contribution is -2.39. The number of alkyl carbamates (subject to hydrolysis) is 1. The van der Waals surface area contributed by atoms with Crippen LogP contribution < -0.4 is 5.32 Å². The molecule has 1 fully saturated rings. The van der Waals surface area contributed by atoms with Crippen molar-refractivity contribution < 1.29 is 18.3 Å². The summed E-state index contributed by atoms with van der Waals surface area (Å²) in [5, 5.41) is 3.21. The molecule has 3 rings (SSSR count). The zero-order valence-electron chi connectivity index (χ0n) is 17.0. The molecule has 2 aromatic rings. The number of nitrogens with one attached hydrogen (secondary N) is 1. The van der Waals surface area contributed by atoms with Crippen molar-refractivity contribution in [3.63, 3.8) is 0 Å². The number of hydrogen-bond acceptors (Lipinski definition) is 5. The molecule has 0 aliphatic carbocycles. The van der Waals surface area contributed by atoms with Gasteiger partial charge in [-0.2, -0.15) is 0 Å². The topological polar surface area (TPSA) is 54.5 Å². The first-order valence-corrected chi connectivity index (χ1v) is 10.6. The van der Waals surface area contributed by atoms with Crippen LogP contribution in [0.3, 0.4) is 0 Å². The normalized spacial score (nSPS) is 16.0. The van der Waals surface area contributed by atoms with E-state index in [-0.39, 0.29) is 11.7 Å². The molecule has 1 saturated heterocycles. The number of nitrogens with zero attached hydrogens (tertiary/aromatic N) is 2. The molecule has 2 heterocycles. The Morgan fingerprint density at radius 1 is 1.28 bits per heavy atom. The molecule has 158 valence electrons. The number of halogens is 2. The first-order valence-electron chi connectivity index (χ1n) is 9.79. The minimum Gasteiger partial charge on any atom is -0.444 e. The summed E-state index contributed by atoms with van der Waals surface area (Å²) in [5.41, 5.74) is -0.553. The van der Waals surface area contributed by atoms with Crippen LogP contribution in [-0.2, 0) is 11.3 Å². The van der Waals surface area contributed by atoms with Crippen molar-refractivity contribution in [2.24, 2.45) is 5.92 Å². The summed E-state index contributed by atoms with van der Waals surface area (Å²) in [6.07, 6.45) is 3.27. The lowest BCUT2D eigenvalue weighted by atomic mass is 9.97. The van der Waals surface area contributed by atoms with Crippen LogP contribution in [0.2, 0.25) is 0 Å². The Morgan fingerprint density at radius 3 is 2.55 bits per heavy atom. The quantitative estimate of drug-likeness (QED) is 0.749. The lowest BCUT2D eigenvalue weighted by molar-refractivity contribution is 0.0509. The van der Waals surface area contributed by atoms with Gasteiger partial charge in [-0.25, -0.2) is 18.6 Å². The van der Waals surface area contributed by atoms with Gasteiger partial charge in [-0.05, 0) is 64.8 Å². The Labute approximate surface area is 174 Å². The van der Waals surface area contributed by atoms with Gasteiger partial charge in [0.25, 0.3) is 0 Å². The third kappa shape index (κ3) is 6.21. The van der Waals surface area contributed by atoms with Gasteiger partial charge >= 0.3 is 6.09 Å². The molecule has 0 radical (unpaired) electrons. The average molecular weight is 424 g/mol. The fourth-order valence-electron chi connectivity index (χ4n) is 3.31. The zero-order chi connectivity index (χ0) is 21.0. The summed E-state index contributed by atoms with van der Waals surface area (Å²) in [6.45, 7) is 8.66. The molecule has 0 unspecified atom stereocenters. The molecule has 1 aliphatic heterocycles.